The highest BCUT2D eigenvalue weighted by molar-refractivity contribution is 6.17. The predicted molar refractivity (Wildman–Crippen MR) is 312 cm³/mol. The third-order valence-electron chi connectivity index (χ3n) is 15.7. The van der Waals surface area contributed by atoms with E-state index in [2.05, 4.69) is 264 Å². The molecule has 3 heterocycles. The Morgan fingerprint density at radius 2 is 0.622 bits per heavy atom. The highest BCUT2D eigenvalue weighted by Crippen LogP contribution is 2.42. The summed E-state index contributed by atoms with van der Waals surface area (Å²) in [4.78, 5) is 11.2. The molecule has 16 rings (SSSR count). The summed E-state index contributed by atoms with van der Waals surface area (Å²) in [5.41, 5.74) is 11.8. The van der Waals surface area contributed by atoms with Gasteiger partial charge in [-0.15, -0.1) is 0 Å². The fraction of sp³-hybridized carbons (Fsp3) is 0. The standard InChI is InChI=1S/C70H42N4/c1-4-18-50-43(15-1)29-30-48-37-49(33-34-53(48)50)73-66-27-13-11-25-58(66)62-38-44(31-35-68(62)73)45-32-36-69-63(39-45)59-26-12-14-28-67(59)74(69)70-71-64(60-40-46-16-2-5-19-51(46)54-21-7-9-23-56(54)60)42-65(72-70)61-41-47-17-3-6-20-52(47)55-22-8-10-24-57(55)61/h1-42H. The molecule has 0 aliphatic heterocycles. The number of rotatable bonds is 5. The molecule has 0 bridgehead atoms. The Labute approximate surface area is 425 Å². The van der Waals surface area contributed by atoms with Crippen molar-refractivity contribution in [2.75, 3.05) is 0 Å². The van der Waals surface area contributed by atoms with Gasteiger partial charge < -0.3 is 4.57 Å². The van der Waals surface area contributed by atoms with Gasteiger partial charge in [0, 0.05) is 38.4 Å². The van der Waals surface area contributed by atoms with Crippen molar-refractivity contribution in [1.29, 1.82) is 0 Å². The van der Waals surface area contributed by atoms with Gasteiger partial charge in [0.1, 0.15) is 0 Å². The first-order chi connectivity index (χ1) is 36.7. The summed E-state index contributed by atoms with van der Waals surface area (Å²) in [6.45, 7) is 0. The van der Waals surface area contributed by atoms with Gasteiger partial charge in [0.15, 0.2) is 0 Å². The van der Waals surface area contributed by atoms with Gasteiger partial charge in [-0.25, -0.2) is 9.97 Å². The van der Waals surface area contributed by atoms with Crippen LogP contribution in [0.1, 0.15) is 0 Å². The molecule has 3 aromatic heterocycles. The molecule has 0 spiro atoms. The molecule has 0 aliphatic carbocycles. The molecular formula is C70H42N4. The van der Waals surface area contributed by atoms with E-state index in [0.29, 0.717) is 5.95 Å². The van der Waals surface area contributed by atoms with Crippen LogP contribution in [0.5, 0.6) is 0 Å². The molecule has 0 N–H and O–H groups in total. The Balaban J connectivity index is 0.897. The number of fused-ring (bicyclic) bond motifs is 15. The second-order valence-electron chi connectivity index (χ2n) is 19.7. The highest BCUT2D eigenvalue weighted by Gasteiger charge is 2.21. The van der Waals surface area contributed by atoms with E-state index in [0.717, 1.165) is 71.9 Å². The zero-order valence-electron chi connectivity index (χ0n) is 40.0. The monoisotopic (exact) mass is 938 g/mol. The molecule has 342 valence electrons. The van der Waals surface area contributed by atoms with Crippen molar-refractivity contribution in [2.45, 2.75) is 0 Å². The minimum absolute atomic E-state index is 0.627. The van der Waals surface area contributed by atoms with Gasteiger partial charge in [-0.05, 0) is 142 Å². The molecule has 0 fully saturated rings. The van der Waals surface area contributed by atoms with Gasteiger partial charge in [-0.2, -0.15) is 0 Å². The van der Waals surface area contributed by atoms with Crippen molar-refractivity contribution >= 4 is 108 Å². The van der Waals surface area contributed by atoms with Crippen molar-refractivity contribution in [2.24, 2.45) is 0 Å². The maximum atomic E-state index is 5.62. The maximum Gasteiger partial charge on any atom is 0.235 e. The molecule has 13 aromatic carbocycles. The minimum Gasteiger partial charge on any atom is -0.309 e. The van der Waals surface area contributed by atoms with Crippen molar-refractivity contribution in [1.82, 2.24) is 19.1 Å². The Morgan fingerprint density at radius 3 is 1.19 bits per heavy atom. The zero-order valence-corrected chi connectivity index (χ0v) is 40.0. The van der Waals surface area contributed by atoms with Gasteiger partial charge in [0.05, 0.1) is 33.5 Å². The first-order valence-corrected chi connectivity index (χ1v) is 25.4. The van der Waals surface area contributed by atoms with Crippen molar-refractivity contribution in [3.8, 4) is 45.3 Å². The van der Waals surface area contributed by atoms with Gasteiger partial charge in [0.2, 0.25) is 5.95 Å². The average molecular weight is 939 g/mol. The van der Waals surface area contributed by atoms with E-state index >= 15 is 0 Å². The molecule has 0 aliphatic rings. The van der Waals surface area contributed by atoms with Crippen LogP contribution in [0.25, 0.3) is 154 Å². The quantitative estimate of drug-likeness (QED) is 0.161. The van der Waals surface area contributed by atoms with Gasteiger partial charge in [-0.3, -0.25) is 4.57 Å². The second kappa shape index (κ2) is 15.8. The van der Waals surface area contributed by atoms with Crippen LogP contribution in [0.2, 0.25) is 0 Å². The van der Waals surface area contributed by atoms with Crippen molar-refractivity contribution in [3.05, 3.63) is 255 Å². The summed E-state index contributed by atoms with van der Waals surface area (Å²) in [6, 6.07) is 93.0. The normalized spacial score (nSPS) is 12.1. The van der Waals surface area contributed by atoms with Crippen LogP contribution in [0, 0.1) is 0 Å². The summed E-state index contributed by atoms with van der Waals surface area (Å²) in [5.74, 6) is 0.627. The van der Waals surface area contributed by atoms with E-state index in [4.69, 9.17) is 9.97 Å². The lowest BCUT2D eigenvalue weighted by atomic mass is 9.93. The lowest BCUT2D eigenvalue weighted by Crippen LogP contribution is -2.04. The number of benzene rings is 13. The molecule has 4 heteroatoms. The zero-order chi connectivity index (χ0) is 48.4. The van der Waals surface area contributed by atoms with Crippen LogP contribution in [0.3, 0.4) is 0 Å². The van der Waals surface area contributed by atoms with Crippen LogP contribution in [0.4, 0.5) is 0 Å². The fourth-order valence-electron chi connectivity index (χ4n) is 12.3. The van der Waals surface area contributed by atoms with Gasteiger partial charge in [-0.1, -0.05) is 188 Å². The molecule has 0 unspecified atom stereocenters. The molecule has 4 nitrogen and oxygen atoms in total. The van der Waals surface area contributed by atoms with E-state index in [9.17, 15) is 0 Å². The molecule has 74 heavy (non-hydrogen) atoms. The van der Waals surface area contributed by atoms with Gasteiger partial charge in [0.25, 0.3) is 0 Å². The SMILES string of the molecule is c1ccc2c(c1)ccc1cc(-n3c4ccccc4c4cc(-c5ccc6c(c5)c5ccccc5n6-c5nc(-c6cc7ccccc7c7ccccc67)cc(-c6cc7ccccc7c7ccccc67)n5)ccc43)ccc12. The van der Waals surface area contributed by atoms with Crippen LogP contribution in [0.15, 0.2) is 255 Å². The summed E-state index contributed by atoms with van der Waals surface area (Å²) in [6.07, 6.45) is 0. The molecule has 0 saturated carbocycles. The number of nitrogens with zero attached hydrogens (tertiary/aromatic N) is 4. The van der Waals surface area contributed by atoms with E-state index in [1.807, 2.05) is 0 Å². The average Bonchev–Trinajstić information content (AvgIpc) is 3.99. The number of hydrogen-bond acceptors (Lipinski definition) is 2. The molecule has 0 saturated heterocycles. The fourth-order valence-corrected chi connectivity index (χ4v) is 12.3. The van der Waals surface area contributed by atoms with Crippen LogP contribution >= 0.6 is 0 Å². The van der Waals surface area contributed by atoms with Crippen LogP contribution in [-0.2, 0) is 0 Å². The van der Waals surface area contributed by atoms with E-state index in [1.54, 1.807) is 0 Å². The Morgan fingerprint density at radius 1 is 0.230 bits per heavy atom. The largest absolute Gasteiger partial charge is 0.309 e. The lowest BCUT2D eigenvalue weighted by Gasteiger charge is -2.16. The highest BCUT2D eigenvalue weighted by atomic mass is 15.2. The van der Waals surface area contributed by atoms with E-state index < -0.39 is 0 Å². The van der Waals surface area contributed by atoms with E-state index in [-0.39, 0.29) is 0 Å². The number of para-hydroxylation sites is 2. The number of aromatic nitrogens is 4. The summed E-state index contributed by atoms with van der Waals surface area (Å²) in [5, 5.41) is 19.3. The Kier molecular flexibility index (Phi) is 8.71. The van der Waals surface area contributed by atoms with Crippen LogP contribution < -0.4 is 0 Å². The first kappa shape index (κ1) is 40.8. The molecule has 0 radical (unpaired) electrons. The predicted octanol–water partition coefficient (Wildman–Crippen LogP) is 18.6. The number of hydrogen-bond donors (Lipinski definition) is 0. The third kappa shape index (κ3) is 6.09. The van der Waals surface area contributed by atoms with E-state index in [1.165, 1.54) is 75.7 Å². The first-order valence-electron chi connectivity index (χ1n) is 25.4. The smallest absolute Gasteiger partial charge is 0.235 e. The third-order valence-corrected chi connectivity index (χ3v) is 15.7. The Hall–Kier alpha value is -9.90. The molecular weight excluding hydrogens is 897 g/mol. The molecule has 16 aromatic rings. The van der Waals surface area contributed by atoms with Gasteiger partial charge >= 0.3 is 0 Å². The van der Waals surface area contributed by atoms with Crippen molar-refractivity contribution < 1.29 is 0 Å². The molecule has 0 amide bonds. The second-order valence-corrected chi connectivity index (χ2v) is 19.7. The van der Waals surface area contributed by atoms with Crippen molar-refractivity contribution in [3.63, 3.8) is 0 Å². The lowest BCUT2D eigenvalue weighted by molar-refractivity contribution is 0.997. The molecule has 0 atom stereocenters. The maximum absolute atomic E-state index is 5.62. The Bertz CT molecular complexity index is 4900. The topological polar surface area (TPSA) is 35.6 Å². The summed E-state index contributed by atoms with van der Waals surface area (Å²) < 4.78 is 4.70. The summed E-state index contributed by atoms with van der Waals surface area (Å²) >= 11 is 0. The van der Waals surface area contributed by atoms with Crippen LogP contribution in [-0.4, -0.2) is 19.1 Å². The minimum atomic E-state index is 0.627. The summed E-state index contributed by atoms with van der Waals surface area (Å²) in [7, 11) is 0.